The molecule has 134 valence electrons. The number of amides is 1. The quantitative estimate of drug-likeness (QED) is 0.866. The Morgan fingerprint density at radius 3 is 2.68 bits per heavy atom. The number of hydrogen-bond donors (Lipinski definition) is 1. The predicted octanol–water partition coefficient (Wildman–Crippen LogP) is 1.91. The van der Waals surface area contributed by atoms with Gasteiger partial charge in [0.15, 0.2) is 5.82 Å². The molecule has 2 aromatic rings. The maximum atomic E-state index is 12.9. The number of aromatic amines is 1. The van der Waals surface area contributed by atoms with Crippen LogP contribution in [0.2, 0.25) is 0 Å². The molecule has 3 rings (SSSR count). The number of H-pyrrole nitrogens is 1. The van der Waals surface area contributed by atoms with Crippen molar-refractivity contribution in [3.8, 4) is 11.4 Å². The minimum absolute atomic E-state index is 0.00242. The number of nitrogens with one attached hydrogen (secondary N) is 1. The summed E-state index contributed by atoms with van der Waals surface area (Å²) in [6, 6.07) is 7.45. The van der Waals surface area contributed by atoms with Gasteiger partial charge in [-0.1, -0.05) is 19.1 Å². The van der Waals surface area contributed by atoms with Crippen molar-refractivity contribution in [3.63, 3.8) is 0 Å². The Hall–Kier alpha value is -2.25. The summed E-state index contributed by atoms with van der Waals surface area (Å²) in [7, 11) is 3.33. The second-order valence-electron chi connectivity index (χ2n) is 6.20. The summed E-state index contributed by atoms with van der Waals surface area (Å²) in [6.45, 7) is 3.12. The van der Waals surface area contributed by atoms with Gasteiger partial charge in [0.1, 0.15) is 5.82 Å². The second-order valence-corrected chi connectivity index (χ2v) is 6.20. The number of likely N-dealkylation sites (tertiary alicyclic amines) is 1. The third kappa shape index (κ3) is 3.72. The fourth-order valence-corrected chi connectivity index (χ4v) is 3.15. The van der Waals surface area contributed by atoms with E-state index in [0.29, 0.717) is 24.5 Å². The van der Waals surface area contributed by atoms with Gasteiger partial charge >= 0.3 is 0 Å². The lowest BCUT2D eigenvalue weighted by molar-refractivity contribution is 0.0612. The Morgan fingerprint density at radius 1 is 1.32 bits per heavy atom. The van der Waals surface area contributed by atoms with Crippen LogP contribution >= 0.6 is 0 Å². The monoisotopic (exact) mass is 344 g/mol. The third-order valence-electron chi connectivity index (χ3n) is 4.59. The van der Waals surface area contributed by atoms with Gasteiger partial charge in [-0.25, -0.2) is 4.98 Å². The van der Waals surface area contributed by atoms with Crippen LogP contribution in [0.25, 0.3) is 11.4 Å². The van der Waals surface area contributed by atoms with E-state index in [1.165, 1.54) is 0 Å². The van der Waals surface area contributed by atoms with Crippen LogP contribution in [0.15, 0.2) is 24.3 Å². The molecule has 2 atom stereocenters. The molecule has 0 saturated carbocycles. The topological polar surface area (TPSA) is 80.3 Å². The van der Waals surface area contributed by atoms with Crippen LogP contribution in [-0.4, -0.2) is 65.5 Å². The number of hydrogen-bond acceptors (Lipinski definition) is 5. The number of methoxy groups -OCH3 is 2. The van der Waals surface area contributed by atoms with Crippen LogP contribution in [0.3, 0.4) is 0 Å². The first-order valence-corrected chi connectivity index (χ1v) is 8.50. The molecule has 1 aromatic carbocycles. The number of nitrogens with zero attached hydrogens (tertiary/aromatic N) is 3. The Morgan fingerprint density at radius 2 is 2.08 bits per heavy atom. The summed E-state index contributed by atoms with van der Waals surface area (Å²) in [6.07, 6.45) is 1.66. The van der Waals surface area contributed by atoms with Gasteiger partial charge in [0, 0.05) is 38.3 Å². The number of rotatable bonds is 6. The summed E-state index contributed by atoms with van der Waals surface area (Å²) in [5.74, 6) is 1.49. The van der Waals surface area contributed by atoms with Gasteiger partial charge in [0.2, 0.25) is 0 Å². The lowest BCUT2D eigenvalue weighted by Crippen LogP contribution is -2.38. The van der Waals surface area contributed by atoms with Gasteiger partial charge in [-0.15, -0.1) is 0 Å². The minimum atomic E-state index is -0.00242. The van der Waals surface area contributed by atoms with Gasteiger partial charge in [-0.05, 0) is 18.6 Å². The number of benzene rings is 1. The molecule has 1 aliphatic rings. The van der Waals surface area contributed by atoms with Crippen molar-refractivity contribution < 1.29 is 14.3 Å². The number of carbonyl (C=O) groups excluding carboxylic acids is 1. The first kappa shape index (κ1) is 17.6. The first-order valence-electron chi connectivity index (χ1n) is 8.50. The molecule has 0 aliphatic carbocycles. The lowest BCUT2D eigenvalue weighted by Gasteiger charge is -2.23. The van der Waals surface area contributed by atoms with E-state index in [1.54, 1.807) is 14.2 Å². The van der Waals surface area contributed by atoms with E-state index in [-0.39, 0.29) is 18.1 Å². The molecule has 1 aromatic heterocycles. The van der Waals surface area contributed by atoms with Crippen molar-refractivity contribution in [2.75, 3.05) is 27.4 Å². The summed E-state index contributed by atoms with van der Waals surface area (Å²) >= 11 is 0. The summed E-state index contributed by atoms with van der Waals surface area (Å²) in [4.78, 5) is 19.1. The molecule has 1 fully saturated rings. The molecule has 1 N–H and O–H groups in total. The van der Waals surface area contributed by atoms with E-state index >= 15 is 0 Å². The second kappa shape index (κ2) is 7.76. The van der Waals surface area contributed by atoms with Crippen LogP contribution in [0.4, 0.5) is 0 Å². The van der Waals surface area contributed by atoms with Crippen LogP contribution in [0, 0.1) is 0 Å². The summed E-state index contributed by atoms with van der Waals surface area (Å²) in [5, 5.41) is 7.11. The normalized spacial score (nSPS) is 20.2. The molecule has 2 heterocycles. The van der Waals surface area contributed by atoms with Gasteiger partial charge < -0.3 is 14.4 Å². The average Bonchev–Trinajstić information content (AvgIpc) is 3.28. The molecule has 1 amide bonds. The zero-order valence-corrected chi connectivity index (χ0v) is 14.9. The highest BCUT2D eigenvalue weighted by atomic mass is 16.5. The predicted molar refractivity (Wildman–Crippen MR) is 93.3 cm³/mol. The smallest absolute Gasteiger partial charge is 0.254 e. The largest absolute Gasteiger partial charge is 0.383 e. The Labute approximate surface area is 147 Å². The maximum Gasteiger partial charge on any atom is 0.254 e. The highest BCUT2D eigenvalue weighted by Gasteiger charge is 2.35. The zero-order chi connectivity index (χ0) is 17.8. The van der Waals surface area contributed by atoms with Crippen molar-refractivity contribution in [3.05, 3.63) is 35.7 Å². The molecular formula is C18H24N4O3. The number of ether oxygens (including phenoxy) is 2. The van der Waals surface area contributed by atoms with Gasteiger partial charge in [0.05, 0.1) is 18.8 Å². The van der Waals surface area contributed by atoms with Crippen molar-refractivity contribution >= 4 is 5.91 Å². The van der Waals surface area contributed by atoms with Crippen molar-refractivity contribution in [1.82, 2.24) is 20.1 Å². The fraction of sp³-hybridized carbons (Fsp3) is 0.500. The van der Waals surface area contributed by atoms with Gasteiger partial charge in [-0.2, -0.15) is 5.10 Å². The summed E-state index contributed by atoms with van der Waals surface area (Å²) in [5.41, 5.74) is 1.53. The minimum Gasteiger partial charge on any atom is -0.383 e. The molecule has 0 spiro atoms. The molecule has 25 heavy (non-hydrogen) atoms. The van der Waals surface area contributed by atoms with E-state index in [0.717, 1.165) is 24.2 Å². The molecule has 0 radical (unpaired) electrons. The van der Waals surface area contributed by atoms with Gasteiger partial charge in [0.25, 0.3) is 5.91 Å². The van der Waals surface area contributed by atoms with Crippen LogP contribution in [0.5, 0.6) is 0 Å². The van der Waals surface area contributed by atoms with Crippen molar-refractivity contribution in [1.29, 1.82) is 0 Å². The van der Waals surface area contributed by atoms with E-state index < -0.39 is 0 Å². The standard InChI is InChI=1S/C18H24N4O3/c1-4-16-19-17(21-20-16)12-5-7-13(8-6-12)18(23)22-10-15(25-3)9-14(22)11-24-2/h5-8,14-15H,4,9-11H2,1-3H3,(H,19,20,21)/t14-,15+/m0/s1. The Kier molecular flexibility index (Phi) is 5.45. The Bertz CT molecular complexity index is 713. The van der Waals surface area contributed by atoms with Crippen LogP contribution in [-0.2, 0) is 15.9 Å². The van der Waals surface area contributed by atoms with Gasteiger partial charge in [-0.3, -0.25) is 9.89 Å². The van der Waals surface area contributed by atoms with E-state index in [4.69, 9.17) is 9.47 Å². The fourth-order valence-electron chi connectivity index (χ4n) is 3.15. The maximum absolute atomic E-state index is 12.9. The molecule has 0 unspecified atom stereocenters. The molecule has 7 heteroatoms. The van der Waals surface area contributed by atoms with Crippen molar-refractivity contribution in [2.24, 2.45) is 0 Å². The van der Waals surface area contributed by atoms with Crippen LogP contribution in [0.1, 0.15) is 29.5 Å². The lowest BCUT2D eigenvalue weighted by atomic mass is 10.1. The molecule has 7 nitrogen and oxygen atoms in total. The molecule has 1 aliphatic heterocycles. The highest BCUT2D eigenvalue weighted by molar-refractivity contribution is 5.95. The van der Waals surface area contributed by atoms with E-state index in [9.17, 15) is 4.79 Å². The highest BCUT2D eigenvalue weighted by Crippen LogP contribution is 2.24. The SMILES string of the molecule is CCc1nc(-c2ccc(C(=O)N3C[C@H](OC)C[C@H]3COC)cc2)n[nH]1. The van der Waals surface area contributed by atoms with E-state index in [2.05, 4.69) is 15.2 Å². The molecular weight excluding hydrogens is 320 g/mol. The molecule has 0 bridgehead atoms. The average molecular weight is 344 g/mol. The van der Waals surface area contributed by atoms with Crippen molar-refractivity contribution in [2.45, 2.75) is 31.9 Å². The number of aromatic nitrogens is 3. The first-order chi connectivity index (χ1) is 12.2. The van der Waals surface area contributed by atoms with Crippen LogP contribution < -0.4 is 0 Å². The van der Waals surface area contributed by atoms with E-state index in [1.807, 2.05) is 36.1 Å². The Balaban J connectivity index is 1.75. The molecule has 1 saturated heterocycles. The number of carbonyl (C=O) groups is 1. The number of aryl methyl sites for hydroxylation is 1. The zero-order valence-electron chi connectivity index (χ0n) is 14.9. The third-order valence-corrected chi connectivity index (χ3v) is 4.59. The summed E-state index contributed by atoms with van der Waals surface area (Å²) < 4.78 is 10.7.